The average Bonchev–Trinajstić information content (AvgIpc) is 2.82. The fourth-order valence-electron chi connectivity index (χ4n) is 1.10. The lowest BCUT2D eigenvalue weighted by atomic mass is 10.1. The van der Waals surface area contributed by atoms with Crippen LogP contribution in [0, 0.1) is 0 Å². The van der Waals surface area contributed by atoms with E-state index in [9.17, 15) is 4.79 Å². The lowest BCUT2D eigenvalue weighted by molar-refractivity contribution is 0.0184. The first-order chi connectivity index (χ1) is 12.7. The lowest BCUT2D eigenvalue weighted by Crippen LogP contribution is -2.42. The maximum Gasteiger partial charge on any atom is 0.410 e. The van der Waals surface area contributed by atoms with Crippen molar-refractivity contribution < 1.29 is 23.2 Å². The van der Waals surface area contributed by atoms with Gasteiger partial charge in [-0.15, -0.1) is 5.10 Å². The van der Waals surface area contributed by atoms with Crippen LogP contribution in [0.5, 0.6) is 0 Å². The van der Waals surface area contributed by atoms with Gasteiger partial charge < -0.3 is 9.64 Å². The van der Waals surface area contributed by atoms with Gasteiger partial charge in [0.25, 0.3) is 0 Å². The number of ether oxygens (including phenoxy) is 1. The molecule has 0 saturated carbocycles. The minimum atomic E-state index is -3.62. The van der Waals surface area contributed by atoms with E-state index >= 15 is 0 Å². The van der Waals surface area contributed by atoms with Crippen LogP contribution in [0.25, 0.3) is 0 Å². The second-order valence-corrected chi connectivity index (χ2v) is 5.29. The van der Waals surface area contributed by atoms with Gasteiger partial charge in [-0.3, -0.25) is 0 Å². The van der Waals surface area contributed by atoms with Crippen LogP contribution in [0.4, 0.5) is 4.79 Å². The van der Waals surface area contributed by atoms with Gasteiger partial charge in [-0.1, -0.05) is 5.21 Å². The van der Waals surface area contributed by atoms with Crippen molar-refractivity contribution in [2.45, 2.75) is 45.1 Å². The van der Waals surface area contributed by atoms with E-state index in [1.54, 1.807) is 0 Å². The van der Waals surface area contributed by atoms with E-state index in [1.165, 1.54) is 20.8 Å². The molecular weight excluding hydrogens is 312 g/mol. The van der Waals surface area contributed by atoms with Crippen molar-refractivity contribution in [2.75, 3.05) is 13.0 Å². The smallest absolute Gasteiger partial charge is 0.410 e. The van der Waals surface area contributed by atoms with Gasteiger partial charge in [0.15, 0.2) is 0 Å². The molecular formula is C12H19BrN4O2. The number of amides is 1. The summed E-state index contributed by atoms with van der Waals surface area (Å²) in [5.74, 6) is 0. The molecule has 0 radical (unpaired) electrons. The Morgan fingerprint density at radius 3 is 2.74 bits per heavy atom. The van der Waals surface area contributed by atoms with Crippen LogP contribution in [-0.2, 0) is 4.74 Å². The fraction of sp³-hybridized carbons (Fsp3) is 0.750. The second-order valence-electron chi connectivity index (χ2n) is 4.54. The number of likely N-dealkylation sites (tertiary alicyclic amines) is 1. The van der Waals surface area contributed by atoms with Crippen molar-refractivity contribution in [3.63, 3.8) is 0 Å². The largest absolute Gasteiger partial charge is 0.444 e. The minimum Gasteiger partial charge on any atom is -0.444 e. The van der Waals surface area contributed by atoms with Crippen molar-refractivity contribution >= 4 is 22.0 Å². The molecule has 2 heterocycles. The molecule has 1 fully saturated rings. The molecule has 0 bridgehead atoms. The van der Waals surface area contributed by atoms with Gasteiger partial charge in [-0.05, 0) is 49.4 Å². The van der Waals surface area contributed by atoms with Crippen LogP contribution in [0.15, 0.2) is 10.8 Å². The van der Waals surface area contributed by atoms with E-state index in [4.69, 9.17) is 18.4 Å². The van der Waals surface area contributed by atoms with Crippen LogP contribution in [0.1, 0.15) is 53.2 Å². The Morgan fingerprint density at radius 1 is 1.63 bits per heavy atom. The summed E-state index contributed by atoms with van der Waals surface area (Å²) >= 11 is 2.82. The average molecular weight is 341 g/mol. The van der Waals surface area contributed by atoms with E-state index in [1.807, 2.05) is 0 Å². The van der Waals surface area contributed by atoms with Crippen LogP contribution >= 0.6 is 15.9 Å². The number of nitrogens with zero attached hydrogens (tertiary/aromatic N) is 4. The summed E-state index contributed by atoms with van der Waals surface area (Å²) in [6.07, 6.45) is -9.65. The highest BCUT2D eigenvalue weighted by Crippen LogP contribution is 2.23. The van der Waals surface area contributed by atoms with E-state index in [-0.39, 0.29) is 14.2 Å². The molecule has 1 aliphatic rings. The molecule has 1 aromatic rings. The van der Waals surface area contributed by atoms with Gasteiger partial charge in [0, 0.05) is 24.0 Å². The summed E-state index contributed by atoms with van der Waals surface area (Å²) in [7, 11) is 0. The van der Waals surface area contributed by atoms with Gasteiger partial charge in [-0.25, -0.2) is 9.48 Å². The van der Waals surface area contributed by atoms with Crippen molar-refractivity contribution in [3.05, 3.63) is 10.8 Å². The fourth-order valence-corrected chi connectivity index (χ4v) is 1.34. The second kappa shape index (κ2) is 5.48. The van der Waals surface area contributed by atoms with E-state index < -0.39 is 49.6 Å². The molecule has 0 aromatic carbocycles. The summed E-state index contributed by atoms with van der Waals surface area (Å²) in [5, 5.41) is 6.76. The Bertz CT molecular complexity index is 809. The van der Waals surface area contributed by atoms with Crippen LogP contribution in [-0.4, -0.2) is 44.6 Å². The highest BCUT2D eigenvalue weighted by atomic mass is 79.9. The topological polar surface area (TPSA) is 60.2 Å². The number of hydrogen-bond donors (Lipinski definition) is 0. The molecule has 0 spiro atoms. The zero-order chi connectivity index (χ0) is 23.0. The van der Waals surface area contributed by atoms with Gasteiger partial charge in [0.05, 0.1) is 14.9 Å². The molecule has 1 amide bonds. The first kappa shape index (κ1) is 6.11. The van der Waals surface area contributed by atoms with Crippen LogP contribution in [0.2, 0.25) is 0 Å². The Hall–Kier alpha value is -1.11. The molecule has 6 nitrogen and oxygen atoms in total. The number of carbonyl (C=O) groups is 1. The zero-order valence-corrected chi connectivity index (χ0v) is 12.1. The third-order valence-corrected chi connectivity index (χ3v) is 2.12. The normalized spacial score (nSPS) is 37.6. The predicted octanol–water partition coefficient (Wildman–Crippen LogP) is 2.61. The number of aromatic nitrogens is 3. The Labute approximate surface area is 135 Å². The maximum absolute atomic E-state index is 12.6. The van der Waals surface area contributed by atoms with Crippen molar-refractivity contribution in [1.82, 2.24) is 19.9 Å². The quantitative estimate of drug-likeness (QED) is 0.788. The van der Waals surface area contributed by atoms with Crippen molar-refractivity contribution in [2.24, 2.45) is 0 Å². The van der Waals surface area contributed by atoms with E-state index in [0.29, 0.717) is 0 Å². The predicted molar refractivity (Wildman–Crippen MR) is 73.8 cm³/mol. The molecule has 19 heavy (non-hydrogen) atoms. The molecule has 7 heteroatoms. The minimum absolute atomic E-state index is 0.152. The number of hydrogen-bond acceptors (Lipinski definition) is 4. The van der Waals surface area contributed by atoms with Gasteiger partial charge in [0.2, 0.25) is 0 Å². The van der Waals surface area contributed by atoms with Gasteiger partial charge >= 0.3 is 6.09 Å². The number of piperidine rings is 1. The molecule has 2 rings (SSSR count). The monoisotopic (exact) mass is 340 g/mol. The zero-order valence-electron chi connectivity index (χ0n) is 20.5. The SMILES string of the molecule is [2H]c1c(Br)nnn1C1([2H])C([2H])([2H])C([2H])([2H])N(C(=O)OC(C)(C)C)C([2H])([2H])C1([2H])[2H]. The molecule has 0 aliphatic carbocycles. The van der Waals surface area contributed by atoms with Crippen molar-refractivity contribution in [3.8, 4) is 0 Å². The summed E-state index contributed by atoms with van der Waals surface area (Å²) in [4.78, 5) is 12.3. The maximum atomic E-state index is 12.6. The number of halogens is 1. The summed E-state index contributed by atoms with van der Waals surface area (Å²) in [6.45, 7) is -2.93. The Balaban J connectivity index is 2.83. The molecule has 1 aliphatic heterocycles. The molecule has 0 N–H and O–H groups in total. The van der Waals surface area contributed by atoms with E-state index in [2.05, 4.69) is 26.2 Å². The molecule has 1 aromatic heterocycles. The summed E-state index contributed by atoms with van der Waals surface area (Å²) in [6, 6.07) is -3.47. The molecule has 106 valence electrons. The summed E-state index contributed by atoms with van der Waals surface area (Å²) < 4.78 is 87.2. The van der Waals surface area contributed by atoms with Crippen LogP contribution in [0.3, 0.4) is 0 Å². The Kier molecular flexibility index (Phi) is 1.76. The molecule has 0 atom stereocenters. The van der Waals surface area contributed by atoms with Gasteiger partial charge in [0.1, 0.15) is 10.2 Å². The third-order valence-electron chi connectivity index (χ3n) is 1.78. The van der Waals surface area contributed by atoms with Gasteiger partial charge in [-0.2, -0.15) is 0 Å². The standard InChI is InChI=1S/C12H19BrN4O2/c1-12(2,3)19-11(18)16-6-4-9(5-7-16)17-8-10(13)14-15-17/h8-9H,4-7H2,1-3H3/i4D2,5D2,6D2,7D2,8D,9D. The molecule has 1 saturated heterocycles. The third kappa shape index (κ3) is 3.92. The summed E-state index contributed by atoms with van der Waals surface area (Å²) in [5.41, 5.74) is -1.22. The number of carbonyl (C=O) groups excluding carboxylic acids is 1. The van der Waals surface area contributed by atoms with Crippen molar-refractivity contribution in [1.29, 1.82) is 0 Å². The number of rotatable bonds is 1. The lowest BCUT2D eigenvalue weighted by Gasteiger charge is -2.33. The Morgan fingerprint density at radius 2 is 2.26 bits per heavy atom. The molecule has 0 unspecified atom stereocenters. The first-order valence-corrected chi connectivity index (χ1v) is 6.09. The van der Waals surface area contributed by atoms with E-state index in [0.717, 1.165) is 0 Å². The highest BCUT2D eigenvalue weighted by molar-refractivity contribution is 9.10. The first-order valence-electron chi connectivity index (χ1n) is 10.3. The highest BCUT2D eigenvalue weighted by Gasteiger charge is 2.27. The van der Waals surface area contributed by atoms with Crippen LogP contribution < -0.4 is 0 Å².